The minimum absolute atomic E-state index is 0.164. The van der Waals surface area contributed by atoms with Crippen LogP contribution in [0.3, 0.4) is 0 Å². The van der Waals surface area contributed by atoms with Gasteiger partial charge in [0, 0.05) is 50.5 Å². The standard InChI is InChI=1S/C20H29N5O3S/c1-16-14-17(2)25(22-16)9-5-8-21-20(26)18-6-4-7-19(15-18)29(27,28)24-12-10-23(3)11-13-24/h4,6-7,14-15H,5,8-13H2,1-3H3,(H,21,26). The second-order valence-corrected chi connectivity index (χ2v) is 9.43. The van der Waals surface area contributed by atoms with Crippen molar-refractivity contribution < 1.29 is 13.2 Å². The van der Waals surface area contributed by atoms with E-state index in [2.05, 4.69) is 15.3 Å². The smallest absolute Gasteiger partial charge is 0.251 e. The zero-order valence-electron chi connectivity index (χ0n) is 17.3. The summed E-state index contributed by atoms with van der Waals surface area (Å²) in [5.74, 6) is -0.270. The summed E-state index contributed by atoms with van der Waals surface area (Å²) in [6, 6.07) is 8.29. The van der Waals surface area contributed by atoms with Crippen LogP contribution in [-0.4, -0.2) is 73.1 Å². The van der Waals surface area contributed by atoms with Crippen molar-refractivity contribution in [2.75, 3.05) is 39.8 Å². The van der Waals surface area contributed by atoms with Gasteiger partial charge in [0.05, 0.1) is 10.6 Å². The number of amides is 1. The van der Waals surface area contributed by atoms with Gasteiger partial charge in [-0.15, -0.1) is 0 Å². The summed E-state index contributed by atoms with van der Waals surface area (Å²) >= 11 is 0. The molecule has 9 heteroatoms. The summed E-state index contributed by atoms with van der Waals surface area (Å²) in [6.07, 6.45) is 0.743. The van der Waals surface area contributed by atoms with Crippen LogP contribution in [-0.2, 0) is 16.6 Å². The third-order valence-corrected chi connectivity index (χ3v) is 7.03. The van der Waals surface area contributed by atoms with Crippen molar-refractivity contribution in [1.29, 1.82) is 0 Å². The monoisotopic (exact) mass is 419 g/mol. The molecule has 0 atom stereocenters. The van der Waals surface area contributed by atoms with Crippen LogP contribution in [0.1, 0.15) is 28.2 Å². The average Bonchev–Trinajstić information content (AvgIpc) is 3.02. The molecule has 0 bridgehead atoms. The van der Waals surface area contributed by atoms with Crippen LogP contribution in [0.2, 0.25) is 0 Å². The van der Waals surface area contributed by atoms with Gasteiger partial charge in [-0.1, -0.05) is 6.07 Å². The minimum Gasteiger partial charge on any atom is -0.352 e. The number of hydrogen-bond donors (Lipinski definition) is 1. The summed E-state index contributed by atoms with van der Waals surface area (Å²) < 4.78 is 29.2. The van der Waals surface area contributed by atoms with Gasteiger partial charge >= 0.3 is 0 Å². The second kappa shape index (κ2) is 9.06. The van der Waals surface area contributed by atoms with E-state index in [1.54, 1.807) is 18.2 Å². The summed E-state index contributed by atoms with van der Waals surface area (Å²) in [5.41, 5.74) is 2.42. The molecular formula is C20H29N5O3S. The molecule has 2 heterocycles. The molecule has 1 aromatic heterocycles. The van der Waals surface area contributed by atoms with Gasteiger partial charge in [-0.2, -0.15) is 9.40 Å². The molecule has 1 N–H and O–H groups in total. The SMILES string of the molecule is Cc1cc(C)n(CCCNC(=O)c2cccc(S(=O)(=O)N3CCN(C)CC3)c2)n1. The van der Waals surface area contributed by atoms with E-state index in [9.17, 15) is 13.2 Å². The molecule has 1 aromatic carbocycles. The highest BCUT2D eigenvalue weighted by Crippen LogP contribution is 2.18. The van der Waals surface area contributed by atoms with Crippen molar-refractivity contribution in [3.63, 3.8) is 0 Å². The molecule has 1 fully saturated rings. The fraction of sp³-hybridized carbons (Fsp3) is 0.500. The summed E-state index contributed by atoms with van der Waals surface area (Å²) in [5, 5.41) is 7.27. The Hall–Kier alpha value is -2.23. The highest BCUT2D eigenvalue weighted by molar-refractivity contribution is 7.89. The van der Waals surface area contributed by atoms with Crippen molar-refractivity contribution in [1.82, 2.24) is 24.3 Å². The first-order chi connectivity index (χ1) is 13.8. The third-order valence-electron chi connectivity index (χ3n) is 5.13. The van der Waals surface area contributed by atoms with Gasteiger partial charge in [-0.3, -0.25) is 9.48 Å². The zero-order valence-corrected chi connectivity index (χ0v) is 18.1. The first-order valence-electron chi connectivity index (χ1n) is 9.85. The first kappa shape index (κ1) is 21.5. The normalized spacial score (nSPS) is 16.1. The molecule has 2 aromatic rings. The summed E-state index contributed by atoms with van der Waals surface area (Å²) in [4.78, 5) is 14.7. The maximum absolute atomic E-state index is 12.9. The van der Waals surface area contributed by atoms with Crippen molar-refractivity contribution in [3.8, 4) is 0 Å². The molecule has 1 aliphatic heterocycles. The number of piperazine rings is 1. The molecule has 0 unspecified atom stereocenters. The molecule has 3 rings (SSSR count). The molecule has 8 nitrogen and oxygen atoms in total. The lowest BCUT2D eigenvalue weighted by Crippen LogP contribution is -2.47. The summed E-state index contributed by atoms with van der Waals surface area (Å²) in [6.45, 7) is 7.50. The maximum atomic E-state index is 12.9. The highest BCUT2D eigenvalue weighted by atomic mass is 32.2. The maximum Gasteiger partial charge on any atom is 0.251 e. The Morgan fingerprint density at radius 2 is 1.86 bits per heavy atom. The number of rotatable bonds is 7. The molecule has 1 saturated heterocycles. The quantitative estimate of drug-likeness (QED) is 0.683. The van der Waals surface area contributed by atoms with Gasteiger partial charge in [-0.05, 0) is 51.6 Å². The molecule has 158 valence electrons. The van der Waals surface area contributed by atoms with E-state index in [-0.39, 0.29) is 10.8 Å². The lowest BCUT2D eigenvalue weighted by atomic mass is 10.2. The molecule has 0 radical (unpaired) electrons. The Labute approximate surface area is 172 Å². The van der Waals surface area contributed by atoms with Crippen molar-refractivity contribution in [3.05, 3.63) is 47.3 Å². The number of carbonyl (C=O) groups excluding carboxylic acids is 1. The average molecular weight is 420 g/mol. The minimum atomic E-state index is -3.59. The predicted octanol–water partition coefficient (Wildman–Crippen LogP) is 1.26. The molecule has 0 saturated carbocycles. The van der Waals surface area contributed by atoms with Gasteiger partial charge < -0.3 is 10.2 Å². The molecule has 1 aliphatic rings. The molecule has 1 amide bonds. The molecular weight excluding hydrogens is 390 g/mol. The van der Waals surface area contributed by atoms with E-state index >= 15 is 0 Å². The van der Waals surface area contributed by atoms with Crippen LogP contribution in [0.5, 0.6) is 0 Å². The predicted molar refractivity (Wildman–Crippen MR) is 111 cm³/mol. The fourth-order valence-corrected chi connectivity index (χ4v) is 4.88. The number of sulfonamides is 1. The third kappa shape index (κ3) is 5.23. The van der Waals surface area contributed by atoms with Crippen LogP contribution >= 0.6 is 0 Å². The molecule has 0 spiro atoms. The number of likely N-dealkylation sites (N-methyl/N-ethyl adjacent to an activating group) is 1. The Morgan fingerprint density at radius 3 is 2.52 bits per heavy atom. The van der Waals surface area contributed by atoms with E-state index in [1.165, 1.54) is 10.4 Å². The second-order valence-electron chi connectivity index (χ2n) is 7.49. The van der Waals surface area contributed by atoms with Gasteiger partial charge in [0.1, 0.15) is 0 Å². The van der Waals surface area contributed by atoms with E-state index < -0.39 is 10.0 Å². The number of aryl methyl sites for hydroxylation is 3. The van der Waals surface area contributed by atoms with Crippen LogP contribution in [0.4, 0.5) is 0 Å². The fourth-order valence-electron chi connectivity index (χ4n) is 3.41. The van der Waals surface area contributed by atoms with Crippen LogP contribution in [0.15, 0.2) is 35.2 Å². The van der Waals surface area contributed by atoms with Crippen molar-refractivity contribution >= 4 is 15.9 Å². The van der Waals surface area contributed by atoms with Gasteiger partial charge in [0.15, 0.2) is 0 Å². The Balaban J connectivity index is 1.58. The zero-order chi connectivity index (χ0) is 21.0. The van der Waals surface area contributed by atoms with Crippen LogP contribution in [0, 0.1) is 13.8 Å². The number of hydrogen-bond acceptors (Lipinski definition) is 5. The van der Waals surface area contributed by atoms with Crippen LogP contribution in [0.25, 0.3) is 0 Å². The van der Waals surface area contributed by atoms with Gasteiger partial charge in [0.25, 0.3) is 5.91 Å². The van der Waals surface area contributed by atoms with Gasteiger partial charge in [0.2, 0.25) is 10.0 Å². The Bertz CT molecular complexity index is 962. The lowest BCUT2D eigenvalue weighted by molar-refractivity contribution is 0.0952. The van der Waals surface area contributed by atoms with Crippen LogP contribution < -0.4 is 5.32 Å². The molecule has 29 heavy (non-hydrogen) atoms. The van der Waals surface area contributed by atoms with E-state index in [0.717, 1.165) is 24.4 Å². The van der Waals surface area contributed by atoms with E-state index in [0.29, 0.717) is 38.3 Å². The topological polar surface area (TPSA) is 87.5 Å². The number of nitrogens with one attached hydrogen (secondary N) is 1. The van der Waals surface area contributed by atoms with Crippen molar-refractivity contribution in [2.24, 2.45) is 0 Å². The Kier molecular flexibility index (Phi) is 6.71. The summed E-state index contributed by atoms with van der Waals surface area (Å²) in [7, 11) is -1.61. The number of aromatic nitrogens is 2. The van der Waals surface area contributed by atoms with Crippen molar-refractivity contribution in [2.45, 2.75) is 31.7 Å². The first-order valence-corrected chi connectivity index (χ1v) is 11.3. The number of carbonyl (C=O) groups is 1. The molecule has 0 aliphatic carbocycles. The lowest BCUT2D eigenvalue weighted by Gasteiger charge is -2.31. The highest BCUT2D eigenvalue weighted by Gasteiger charge is 2.27. The largest absolute Gasteiger partial charge is 0.352 e. The number of benzene rings is 1. The number of nitrogens with zero attached hydrogens (tertiary/aromatic N) is 4. The van der Waals surface area contributed by atoms with E-state index in [4.69, 9.17) is 0 Å². The van der Waals surface area contributed by atoms with E-state index in [1.807, 2.05) is 31.6 Å². The Morgan fingerprint density at radius 1 is 1.14 bits per heavy atom. The van der Waals surface area contributed by atoms with Gasteiger partial charge in [-0.25, -0.2) is 8.42 Å².